The van der Waals surface area contributed by atoms with Crippen molar-refractivity contribution < 1.29 is 14.6 Å². The van der Waals surface area contributed by atoms with Crippen LogP contribution < -0.4 is 10.1 Å². The zero-order valence-corrected chi connectivity index (χ0v) is 7.62. The molecular weight excluding hydrogens is 182 g/mol. The number of carbonyl (C=O) groups is 1. The van der Waals surface area contributed by atoms with Crippen LogP contribution in [0.3, 0.4) is 0 Å². The lowest BCUT2D eigenvalue weighted by Gasteiger charge is -2.17. The lowest BCUT2D eigenvalue weighted by Crippen LogP contribution is -2.23. The van der Waals surface area contributed by atoms with Crippen LogP contribution in [-0.4, -0.2) is 17.8 Å². The fraction of sp³-hybridized carbons (Fsp3) is 0.300. The molecule has 4 nitrogen and oxygen atoms in total. The molecule has 1 aromatic rings. The molecule has 1 aliphatic heterocycles. The van der Waals surface area contributed by atoms with Crippen LogP contribution in [0.2, 0.25) is 0 Å². The van der Waals surface area contributed by atoms with Crippen molar-refractivity contribution >= 4 is 6.16 Å². The van der Waals surface area contributed by atoms with Crippen LogP contribution in [0, 0.1) is 0 Å². The van der Waals surface area contributed by atoms with Crippen LogP contribution in [0.25, 0.3) is 0 Å². The summed E-state index contributed by atoms with van der Waals surface area (Å²) in [5.74, 6) is 0.389. The molecule has 14 heavy (non-hydrogen) atoms. The van der Waals surface area contributed by atoms with Crippen LogP contribution in [0.15, 0.2) is 18.2 Å². The second kappa shape index (κ2) is 3.67. The highest BCUT2D eigenvalue weighted by Crippen LogP contribution is 2.20. The molecular formula is C10H11NO3. The minimum atomic E-state index is -1.27. The van der Waals surface area contributed by atoms with Crippen LogP contribution in [-0.2, 0) is 13.0 Å². The summed E-state index contributed by atoms with van der Waals surface area (Å²) in [6, 6.07) is 5.39. The van der Waals surface area contributed by atoms with E-state index in [9.17, 15) is 4.79 Å². The molecule has 0 amide bonds. The number of fused-ring (bicyclic) bond motifs is 1. The first-order valence-corrected chi connectivity index (χ1v) is 4.49. The van der Waals surface area contributed by atoms with Crippen molar-refractivity contribution in [3.63, 3.8) is 0 Å². The normalized spacial score (nSPS) is 14.6. The molecule has 0 atom stereocenters. The first kappa shape index (κ1) is 9.02. The minimum absolute atomic E-state index is 0.389. The molecule has 0 unspecified atom stereocenters. The van der Waals surface area contributed by atoms with Gasteiger partial charge in [-0.2, -0.15) is 0 Å². The van der Waals surface area contributed by atoms with E-state index in [2.05, 4.69) is 10.1 Å². The Labute approximate surface area is 81.5 Å². The molecule has 1 aliphatic rings. The summed E-state index contributed by atoms with van der Waals surface area (Å²) in [6.07, 6.45) is -0.281. The van der Waals surface area contributed by atoms with Crippen molar-refractivity contribution in [1.82, 2.24) is 5.32 Å². The van der Waals surface area contributed by atoms with E-state index in [1.807, 2.05) is 6.07 Å². The summed E-state index contributed by atoms with van der Waals surface area (Å²) in [6.45, 7) is 1.76. The molecule has 4 heteroatoms. The summed E-state index contributed by atoms with van der Waals surface area (Å²) in [4.78, 5) is 10.3. The smallest absolute Gasteiger partial charge is 0.449 e. The molecule has 0 fully saturated rings. The van der Waals surface area contributed by atoms with Gasteiger partial charge in [-0.05, 0) is 36.2 Å². The van der Waals surface area contributed by atoms with Gasteiger partial charge in [-0.25, -0.2) is 4.79 Å². The largest absolute Gasteiger partial charge is 0.511 e. The maximum atomic E-state index is 10.3. The number of hydrogen-bond acceptors (Lipinski definition) is 3. The first-order valence-electron chi connectivity index (χ1n) is 4.49. The highest BCUT2D eigenvalue weighted by atomic mass is 16.7. The van der Waals surface area contributed by atoms with E-state index in [-0.39, 0.29) is 0 Å². The molecule has 0 radical (unpaired) electrons. The minimum Gasteiger partial charge on any atom is -0.449 e. The Bertz CT molecular complexity index is 362. The van der Waals surface area contributed by atoms with Gasteiger partial charge in [0.2, 0.25) is 0 Å². The number of carboxylic acid groups (broad SMARTS) is 1. The predicted molar refractivity (Wildman–Crippen MR) is 50.5 cm³/mol. The van der Waals surface area contributed by atoms with Gasteiger partial charge < -0.3 is 15.2 Å². The molecule has 0 aliphatic carbocycles. The Kier molecular flexibility index (Phi) is 2.37. The zero-order valence-electron chi connectivity index (χ0n) is 7.62. The van der Waals surface area contributed by atoms with E-state index in [4.69, 9.17) is 5.11 Å². The average molecular weight is 193 g/mol. The van der Waals surface area contributed by atoms with Crippen LogP contribution >= 0.6 is 0 Å². The Morgan fingerprint density at radius 3 is 3.07 bits per heavy atom. The van der Waals surface area contributed by atoms with Gasteiger partial charge in [0.1, 0.15) is 5.75 Å². The van der Waals surface area contributed by atoms with Gasteiger partial charge in [0.15, 0.2) is 0 Å². The van der Waals surface area contributed by atoms with Crippen molar-refractivity contribution in [2.45, 2.75) is 13.0 Å². The highest BCUT2D eigenvalue weighted by molar-refractivity contribution is 5.61. The fourth-order valence-corrected chi connectivity index (χ4v) is 1.62. The Morgan fingerprint density at radius 2 is 2.29 bits per heavy atom. The molecule has 0 saturated heterocycles. The number of nitrogens with one attached hydrogen (secondary N) is 1. The van der Waals surface area contributed by atoms with Crippen molar-refractivity contribution in [3.05, 3.63) is 29.3 Å². The van der Waals surface area contributed by atoms with E-state index in [0.717, 1.165) is 25.1 Å². The standard InChI is InChI=1S/C10H11NO3/c12-10(13)14-9-2-1-7-3-4-11-6-8(7)5-9/h1-2,5,11H,3-4,6H2,(H,12,13). The molecule has 2 N–H and O–H groups in total. The zero-order chi connectivity index (χ0) is 9.97. The van der Waals surface area contributed by atoms with Crippen molar-refractivity contribution in [2.24, 2.45) is 0 Å². The number of ether oxygens (including phenoxy) is 1. The molecule has 1 aromatic carbocycles. The Morgan fingerprint density at radius 1 is 1.43 bits per heavy atom. The highest BCUT2D eigenvalue weighted by Gasteiger charge is 2.10. The van der Waals surface area contributed by atoms with Gasteiger partial charge in [-0.3, -0.25) is 0 Å². The average Bonchev–Trinajstić information content (AvgIpc) is 2.17. The molecule has 0 saturated carbocycles. The number of rotatable bonds is 1. The van der Waals surface area contributed by atoms with Crippen molar-refractivity contribution in [1.29, 1.82) is 0 Å². The summed E-state index contributed by atoms with van der Waals surface area (Å²) in [5.41, 5.74) is 2.39. The summed E-state index contributed by atoms with van der Waals surface area (Å²) < 4.78 is 4.57. The third-order valence-electron chi connectivity index (χ3n) is 2.27. The lowest BCUT2D eigenvalue weighted by molar-refractivity contribution is 0.144. The van der Waals surface area contributed by atoms with E-state index in [1.165, 1.54) is 5.56 Å². The summed E-state index contributed by atoms with van der Waals surface area (Å²) >= 11 is 0. The molecule has 2 rings (SSSR count). The Hall–Kier alpha value is -1.55. The third kappa shape index (κ3) is 1.85. The SMILES string of the molecule is O=C(O)Oc1ccc2c(c1)CNCC2. The quantitative estimate of drug-likeness (QED) is 0.522. The fourth-order valence-electron chi connectivity index (χ4n) is 1.62. The summed E-state index contributed by atoms with van der Waals surface area (Å²) in [5, 5.41) is 11.7. The van der Waals surface area contributed by atoms with Gasteiger partial charge in [0.05, 0.1) is 0 Å². The van der Waals surface area contributed by atoms with Gasteiger partial charge in [0, 0.05) is 6.54 Å². The maximum absolute atomic E-state index is 10.3. The number of benzene rings is 1. The second-order valence-corrected chi connectivity index (χ2v) is 3.23. The lowest BCUT2D eigenvalue weighted by atomic mass is 10.0. The number of hydrogen-bond donors (Lipinski definition) is 2. The topological polar surface area (TPSA) is 58.6 Å². The van der Waals surface area contributed by atoms with Gasteiger partial charge in [0.25, 0.3) is 0 Å². The molecule has 1 heterocycles. The van der Waals surface area contributed by atoms with E-state index < -0.39 is 6.16 Å². The van der Waals surface area contributed by atoms with Crippen LogP contribution in [0.1, 0.15) is 11.1 Å². The van der Waals surface area contributed by atoms with Crippen LogP contribution in [0.5, 0.6) is 5.75 Å². The van der Waals surface area contributed by atoms with Gasteiger partial charge in [-0.15, -0.1) is 0 Å². The summed E-state index contributed by atoms with van der Waals surface area (Å²) in [7, 11) is 0. The maximum Gasteiger partial charge on any atom is 0.511 e. The predicted octanol–water partition coefficient (Wildman–Crippen LogP) is 1.39. The van der Waals surface area contributed by atoms with Gasteiger partial charge in [-0.1, -0.05) is 6.07 Å². The molecule has 0 aromatic heterocycles. The first-order chi connectivity index (χ1) is 6.75. The molecule has 0 spiro atoms. The van der Waals surface area contributed by atoms with Gasteiger partial charge >= 0.3 is 6.16 Å². The van der Waals surface area contributed by atoms with E-state index in [1.54, 1.807) is 12.1 Å². The second-order valence-electron chi connectivity index (χ2n) is 3.23. The van der Waals surface area contributed by atoms with E-state index in [0.29, 0.717) is 5.75 Å². The Balaban J connectivity index is 2.24. The van der Waals surface area contributed by atoms with E-state index >= 15 is 0 Å². The van der Waals surface area contributed by atoms with Crippen molar-refractivity contribution in [2.75, 3.05) is 6.54 Å². The van der Waals surface area contributed by atoms with Crippen molar-refractivity contribution in [3.8, 4) is 5.75 Å². The van der Waals surface area contributed by atoms with Crippen LogP contribution in [0.4, 0.5) is 4.79 Å². The molecule has 74 valence electrons. The molecule has 0 bridgehead atoms. The monoisotopic (exact) mass is 193 g/mol. The third-order valence-corrected chi connectivity index (χ3v) is 2.27.